The Labute approximate surface area is 185 Å². The van der Waals surface area contributed by atoms with Crippen LogP contribution in [0.15, 0.2) is 53.7 Å². The van der Waals surface area contributed by atoms with Crippen LogP contribution in [0.1, 0.15) is 0 Å². The van der Waals surface area contributed by atoms with Gasteiger partial charge in [-0.1, -0.05) is 41.6 Å². The molecule has 8 heteroatoms. The molecule has 0 bridgehead atoms. The molecule has 3 aromatic rings. The summed E-state index contributed by atoms with van der Waals surface area (Å²) in [6.07, 6.45) is 0. The molecule has 0 radical (unpaired) electrons. The number of hydrogen-bond donors (Lipinski definition) is 0. The van der Waals surface area contributed by atoms with Crippen LogP contribution in [0.2, 0.25) is 5.02 Å². The molecule has 0 unspecified atom stereocenters. The number of fused-ring (bicyclic) bond motifs is 1. The third kappa shape index (κ3) is 4.74. The van der Waals surface area contributed by atoms with Gasteiger partial charge < -0.3 is 19.1 Å². The summed E-state index contributed by atoms with van der Waals surface area (Å²) in [5.41, 5.74) is 3.12. The molecule has 4 rings (SSSR count). The Balaban J connectivity index is 1.36. The van der Waals surface area contributed by atoms with Gasteiger partial charge in [0.25, 0.3) is 0 Å². The van der Waals surface area contributed by atoms with Crippen molar-refractivity contribution in [1.82, 2.24) is 14.5 Å². The molecule has 6 nitrogen and oxygen atoms in total. The predicted molar refractivity (Wildman–Crippen MR) is 123 cm³/mol. The van der Waals surface area contributed by atoms with E-state index in [4.69, 9.17) is 21.3 Å². The van der Waals surface area contributed by atoms with Crippen molar-refractivity contribution in [3.63, 3.8) is 0 Å². The average molecular weight is 445 g/mol. The number of ether oxygens (including phenoxy) is 1. The minimum Gasteiger partial charge on any atom is -0.383 e. The maximum atomic E-state index is 12.8. The van der Waals surface area contributed by atoms with Crippen LogP contribution in [-0.2, 0) is 16.1 Å². The molecule has 30 heavy (non-hydrogen) atoms. The first-order chi connectivity index (χ1) is 14.7. The van der Waals surface area contributed by atoms with Gasteiger partial charge in [0.2, 0.25) is 5.91 Å². The summed E-state index contributed by atoms with van der Waals surface area (Å²) < 4.78 is 7.38. The van der Waals surface area contributed by atoms with E-state index in [1.165, 1.54) is 11.8 Å². The number of carbonyl (C=O) groups excluding carboxylic acids is 1. The summed E-state index contributed by atoms with van der Waals surface area (Å²) in [7, 11) is 1.69. The first kappa shape index (κ1) is 21.0. The van der Waals surface area contributed by atoms with Crippen molar-refractivity contribution in [3.05, 3.63) is 53.6 Å². The quantitative estimate of drug-likeness (QED) is 0.519. The molecule has 1 fully saturated rings. The lowest BCUT2D eigenvalue weighted by Crippen LogP contribution is -2.49. The third-order valence-corrected chi connectivity index (χ3v) is 6.47. The molecule has 0 N–H and O–H groups in total. The smallest absolute Gasteiger partial charge is 0.233 e. The summed E-state index contributed by atoms with van der Waals surface area (Å²) in [5.74, 6) is 0.532. The molecule has 1 aliphatic rings. The van der Waals surface area contributed by atoms with Crippen molar-refractivity contribution < 1.29 is 9.53 Å². The second kappa shape index (κ2) is 9.73. The van der Waals surface area contributed by atoms with E-state index in [1.807, 2.05) is 41.3 Å². The monoisotopic (exact) mass is 444 g/mol. The van der Waals surface area contributed by atoms with Gasteiger partial charge in [-0.3, -0.25) is 4.79 Å². The second-order valence-corrected chi connectivity index (χ2v) is 8.54. The van der Waals surface area contributed by atoms with Crippen LogP contribution >= 0.6 is 23.4 Å². The molecule has 0 atom stereocenters. The van der Waals surface area contributed by atoms with Gasteiger partial charge in [0, 0.05) is 50.5 Å². The number of thioether (sulfide) groups is 1. The SMILES string of the molecule is COCCn1c(SCC(=O)N2CCN(c3cccc(Cl)c3)CC2)nc2ccccc21. The van der Waals surface area contributed by atoms with Gasteiger partial charge in [0.15, 0.2) is 5.16 Å². The summed E-state index contributed by atoms with van der Waals surface area (Å²) in [6, 6.07) is 15.9. The highest BCUT2D eigenvalue weighted by atomic mass is 35.5. The number of anilines is 1. The van der Waals surface area contributed by atoms with E-state index < -0.39 is 0 Å². The number of para-hydroxylation sites is 2. The number of aromatic nitrogens is 2. The van der Waals surface area contributed by atoms with Gasteiger partial charge in [-0.15, -0.1) is 0 Å². The van der Waals surface area contributed by atoms with Crippen molar-refractivity contribution in [2.24, 2.45) is 0 Å². The Morgan fingerprint density at radius 3 is 2.70 bits per heavy atom. The molecule has 0 saturated carbocycles. The Morgan fingerprint density at radius 2 is 1.93 bits per heavy atom. The first-order valence-electron chi connectivity index (χ1n) is 10.0. The molecule has 1 aliphatic heterocycles. The number of imidazole rings is 1. The number of rotatable bonds is 7. The van der Waals surface area contributed by atoms with Gasteiger partial charge in [0.1, 0.15) is 0 Å². The zero-order chi connectivity index (χ0) is 20.9. The minimum atomic E-state index is 0.149. The van der Waals surface area contributed by atoms with Gasteiger partial charge in [-0.2, -0.15) is 0 Å². The van der Waals surface area contributed by atoms with Crippen LogP contribution in [0.3, 0.4) is 0 Å². The van der Waals surface area contributed by atoms with E-state index in [0.717, 1.165) is 40.0 Å². The Hall–Kier alpha value is -2.22. The zero-order valence-electron chi connectivity index (χ0n) is 17.0. The van der Waals surface area contributed by atoms with Gasteiger partial charge in [-0.25, -0.2) is 4.98 Å². The van der Waals surface area contributed by atoms with Crippen molar-refractivity contribution >= 4 is 46.0 Å². The van der Waals surface area contributed by atoms with Crippen molar-refractivity contribution in [3.8, 4) is 0 Å². The van der Waals surface area contributed by atoms with Crippen LogP contribution in [0.25, 0.3) is 11.0 Å². The highest BCUT2D eigenvalue weighted by Crippen LogP contribution is 2.25. The number of carbonyl (C=O) groups is 1. The number of amides is 1. The third-order valence-electron chi connectivity index (χ3n) is 5.27. The maximum absolute atomic E-state index is 12.8. The van der Waals surface area contributed by atoms with Crippen LogP contribution in [0.5, 0.6) is 0 Å². The highest BCUT2D eigenvalue weighted by molar-refractivity contribution is 7.99. The lowest BCUT2D eigenvalue weighted by molar-refractivity contribution is -0.128. The number of methoxy groups -OCH3 is 1. The molecule has 1 saturated heterocycles. The molecule has 1 amide bonds. The van der Waals surface area contributed by atoms with E-state index in [-0.39, 0.29) is 5.91 Å². The Bertz CT molecular complexity index is 1020. The molecule has 2 heterocycles. The number of halogens is 1. The van der Waals surface area contributed by atoms with E-state index in [2.05, 4.69) is 21.6 Å². The maximum Gasteiger partial charge on any atom is 0.233 e. The molecular formula is C22H25ClN4O2S. The van der Waals surface area contributed by atoms with E-state index >= 15 is 0 Å². The molecule has 0 aliphatic carbocycles. The number of benzene rings is 2. The second-order valence-electron chi connectivity index (χ2n) is 7.16. The fourth-order valence-electron chi connectivity index (χ4n) is 3.67. The van der Waals surface area contributed by atoms with Crippen LogP contribution in [0.4, 0.5) is 5.69 Å². The normalized spacial score (nSPS) is 14.5. The van der Waals surface area contributed by atoms with Crippen LogP contribution < -0.4 is 4.90 Å². The molecular weight excluding hydrogens is 420 g/mol. The topological polar surface area (TPSA) is 50.6 Å². The summed E-state index contributed by atoms with van der Waals surface area (Å²) >= 11 is 7.60. The number of piperazine rings is 1. The van der Waals surface area contributed by atoms with E-state index in [1.54, 1.807) is 7.11 Å². The van der Waals surface area contributed by atoms with Gasteiger partial charge in [-0.05, 0) is 30.3 Å². The Kier molecular flexibility index (Phi) is 6.82. The van der Waals surface area contributed by atoms with Crippen molar-refractivity contribution in [1.29, 1.82) is 0 Å². The average Bonchev–Trinajstić information content (AvgIpc) is 3.13. The molecule has 2 aromatic carbocycles. The highest BCUT2D eigenvalue weighted by Gasteiger charge is 2.22. The zero-order valence-corrected chi connectivity index (χ0v) is 18.5. The fourth-order valence-corrected chi connectivity index (χ4v) is 4.79. The first-order valence-corrected chi connectivity index (χ1v) is 11.4. The lowest BCUT2D eigenvalue weighted by Gasteiger charge is -2.36. The number of hydrogen-bond acceptors (Lipinski definition) is 5. The van der Waals surface area contributed by atoms with Crippen LogP contribution in [-0.4, -0.2) is 66.0 Å². The molecule has 158 valence electrons. The minimum absolute atomic E-state index is 0.149. The Morgan fingerprint density at radius 1 is 1.13 bits per heavy atom. The van der Waals surface area contributed by atoms with Gasteiger partial charge >= 0.3 is 0 Å². The lowest BCUT2D eigenvalue weighted by atomic mass is 10.2. The fraction of sp³-hybridized carbons (Fsp3) is 0.364. The van der Waals surface area contributed by atoms with Crippen molar-refractivity contribution in [2.45, 2.75) is 11.7 Å². The molecule has 1 aromatic heterocycles. The van der Waals surface area contributed by atoms with E-state index in [9.17, 15) is 4.79 Å². The van der Waals surface area contributed by atoms with E-state index in [0.29, 0.717) is 32.0 Å². The standard InChI is InChI=1S/C22H25ClN4O2S/c1-29-14-13-27-20-8-3-2-7-19(20)24-22(27)30-16-21(28)26-11-9-25(10-12-26)18-6-4-5-17(23)15-18/h2-8,15H,9-14,16H2,1H3. The molecule has 0 spiro atoms. The summed E-state index contributed by atoms with van der Waals surface area (Å²) in [4.78, 5) is 21.7. The van der Waals surface area contributed by atoms with Gasteiger partial charge in [0.05, 0.1) is 23.4 Å². The summed E-state index contributed by atoms with van der Waals surface area (Å²) in [5, 5.41) is 1.60. The van der Waals surface area contributed by atoms with Crippen molar-refractivity contribution in [2.75, 3.05) is 50.5 Å². The predicted octanol–water partition coefficient (Wildman–Crippen LogP) is 3.78. The number of nitrogens with zero attached hydrogens (tertiary/aromatic N) is 4. The largest absolute Gasteiger partial charge is 0.383 e. The van der Waals surface area contributed by atoms with Crippen LogP contribution in [0, 0.1) is 0 Å². The summed E-state index contributed by atoms with van der Waals surface area (Å²) in [6.45, 7) is 4.36.